The molecule has 3 heterocycles. The summed E-state index contributed by atoms with van der Waals surface area (Å²) < 4.78 is 0. The highest BCUT2D eigenvalue weighted by molar-refractivity contribution is 5.90. The first-order valence-electron chi connectivity index (χ1n) is 11.7. The maximum absolute atomic E-state index is 12.6. The van der Waals surface area contributed by atoms with Crippen molar-refractivity contribution in [1.82, 2.24) is 24.9 Å². The lowest BCUT2D eigenvalue weighted by molar-refractivity contribution is 0.184. The summed E-state index contributed by atoms with van der Waals surface area (Å²) in [5, 5.41) is 8.92. The number of nitrogens with one attached hydrogen (secondary N) is 1. The van der Waals surface area contributed by atoms with Crippen LogP contribution in [0, 0.1) is 0 Å². The molecule has 5 rings (SSSR count). The van der Waals surface area contributed by atoms with Gasteiger partial charge in [0.1, 0.15) is 0 Å². The van der Waals surface area contributed by atoms with Crippen LogP contribution in [0.25, 0.3) is 10.9 Å². The Morgan fingerprint density at radius 1 is 1.00 bits per heavy atom. The maximum Gasteiger partial charge on any atom is 0.320 e. The van der Waals surface area contributed by atoms with E-state index in [1.807, 2.05) is 18.0 Å². The average molecular weight is 411 g/mol. The molecule has 30 heavy (non-hydrogen) atoms. The van der Waals surface area contributed by atoms with Gasteiger partial charge < -0.3 is 14.7 Å². The number of likely N-dealkylation sites (N-methyl/N-ethyl adjacent to an activating group) is 1. The maximum atomic E-state index is 12.6. The van der Waals surface area contributed by atoms with Crippen molar-refractivity contribution >= 4 is 22.8 Å². The quantitative estimate of drug-likeness (QED) is 0.744. The zero-order chi connectivity index (χ0) is 20.5. The van der Waals surface area contributed by atoms with Crippen LogP contribution >= 0.6 is 0 Å². The van der Waals surface area contributed by atoms with E-state index in [0.29, 0.717) is 12.1 Å². The van der Waals surface area contributed by atoms with Gasteiger partial charge in [0.05, 0.1) is 17.6 Å². The molecule has 0 radical (unpaired) electrons. The molecule has 0 spiro atoms. The fourth-order valence-electron chi connectivity index (χ4n) is 5.65. The summed E-state index contributed by atoms with van der Waals surface area (Å²) in [6, 6.07) is 9.53. The molecule has 7 heteroatoms. The Balaban J connectivity index is 1.07. The first-order chi connectivity index (χ1) is 14.7. The van der Waals surface area contributed by atoms with E-state index in [9.17, 15) is 4.79 Å². The number of unbranched alkanes of at least 4 members (excludes halogenated alkanes) is 1. The number of aromatic amines is 1. The Bertz CT molecular complexity index is 873. The van der Waals surface area contributed by atoms with Crippen LogP contribution in [0.4, 0.5) is 10.6 Å². The molecule has 162 valence electrons. The zero-order valence-corrected chi connectivity index (χ0v) is 18.1. The van der Waals surface area contributed by atoms with Gasteiger partial charge in [-0.25, -0.2) is 4.79 Å². The van der Waals surface area contributed by atoms with Gasteiger partial charge in [0, 0.05) is 45.2 Å². The Labute approximate surface area is 179 Å². The predicted molar refractivity (Wildman–Crippen MR) is 120 cm³/mol. The molecule has 1 N–H and O–H groups in total. The minimum Gasteiger partial charge on any atom is -0.352 e. The van der Waals surface area contributed by atoms with Crippen LogP contribution in [0.5, 0.6) is 0 Å². The number of amides is 2. The van der Waals surface area contributed by atoms with Gasteiger partial charge in [-0.3, -0.25) is 10.00 Å². The lowest BCUT2D eigenvalue weighted by Crippen LogP contribution is -2.47. The summed E-state index contributed by atoms with van der Waals surface area (Å²) >= 11 is 0. The standard InChI is InChI=1S/C23H34N6O/c1-26-20-10-4-5-11-21(20)29(23(26)30)13-7-6-12-27-14-16-28(17-15-27)22-18-8-2-3-9-19(18)24-25-22/h2-3,8-9,20-21H,4-7,10-17H2,1H3,(H,24,25). The smallest absolute Gasteiger partial charge is 0.320 e. The number of hydrogen-bond acceptors (Lipinski definition) is 4. The fraction of sp³-hybridized carbons (Fsp3) is 0.652. The predicted octanol–water partition coefficient (Wildman–Crippen LogP) is 3.14. The molecular formula is C23H34N6O. The van der Waals surface area contributed by atoms with Crippen molar-refractivity contribution in [3.8, 4) is 0 Å². The summed E-state index contributed by atoms with van der Waals surface area (Å²) in [6.07, 6.45) is 7.17. The summed E-state index contributed by atoms with van der Waals surface area (Å²) in [5.74, 6) is 1.09. The lowest BCUT2D eigenvalue weighted by Gasteiger charge is -2.35. The van der Waals surface area contributed by atoms with Gasteiger partial charge in [-0.05, 0) is 44.4 Å². The van der Waals surface area contributed by atoms with Crippen LogP contribution in [0.1, 0.15) is 38.5 Å². The van der Waals surface area contributed by atoms with E-state index in [-0.39, 0.29) is 6.03 Å². The Hall–Kier alpha value is -2.28. The molecule has 3 fully saturated rings. The van der Waals surface area contributed by atoms with E-state index >= 15 is 0 Å². The third-order valence-corrected chi connectivity index (χ3v) is 7.38. The summed E-state index contributed by atoms with van der Waals surface area (Å²) in [4.78, 5) is 21.8. The minimum atomic E-state index is 0.256. The number of para-hydroxylation sites is 1. The molecule has 1 aliphatic carbocycles. The molecule has 2 unspecified atom stereocenters. The van der Waals surface area contributed by atoms with E-state index in [1.54, 1.807) is 0 Å². The highest BCUT2D eigenvalue weighted by atomic mass is 16.2. The second-order valence-electron chi connectivity index (χ2n) is 9.13. The van der Waals surface area contributed by atoms with E-state index in [1.165, 1.54) is 31.1 Å². The minimum absolute atomic E-state index is 0.256. The molecule has 2 atom stereocenters. The van der Waals surface area contributed by atoms with E-state index < -0.39 is 0 Å². The van der Waals surface area contributed by atoms with E-state index in [0.717, 1.165) is 63.4 Å². The second kappa shape index (κ2) is 8.46. The van der Waals surface area contributed by atoms with Gasteiger partial charge in [-0.15, -0.1) is 0 Å². The van der Waals surface area contributed by atoms with Crippen molar-refractivity contribution in [3.63, 3.8) is 0 Å². The number of urea groups is 1. The number of nitrogens with zero attached hydrogens (tertiary/aromatic N) is 5. The van der Waals surface area contributed by atoms with Crippen molar-refractivity contribution in [2.75, 3.05) is 51.2 Å². The van der Waals surface area contributed by atoms with Crippen molar-refractivity contribution in [2.24, 2.45) is 0 Å². The number of piperazine rings is 1. The number of benzene rings is 1. The SMILES string of the molecule is CN1C(=O)N(CCCCN2CCN(c3n[nH]c4ccccc34)CC2)C2CCCCC21. The van der Waals surface area contributed by atoms with Crippen molar-refractivity contribution in [1.29, 1.82) is 0 Å². The molecular weight excluding hydrogens is 376 g/mol. The largest absolute Gasteiger partial charge is 0.352 e. The van der Waals surface area contributed by atoms with Crippen LogP contribution in [0.15, 0.2) is 24.3 Å². The molecule has 1 aromatic heterocycles. The molecule has 2 aromatic rings. The lowest BCUT2D eigenvalue weighted by atomic mass is 9.90. The molecule has 3 aliphatic rings. The van der Waals surface area contributed by atoms with Crippen LogP contribution < -0.4 is 4.90 Å². The number of rotatable bonds is 6. The van der Waals surface area contributed by atoms with Gasteiger partial charge in [-0.2, -0.15) is 5.10 Å². The van der Waals surface area contributed by atoms with Crippen LogP contribution in [0.3, 0.4) is 0 Å². The number of H-pyrrole nitrogens is 1. The van der Waals surface area contributed by atoms with Crippen LogP contribution in [-0.2, 0) is 0 Å². The summed E-state index contributed by atoms with van der Waals surface area (Å²) in [7, 11) is 1.99. The van der Waals surface area contributed by atoms with Gasteiger partial charge in [0.25, 0.3) is 0 Å². The van der Waals surface area contributed by atoms with Crippen molar-refractivity contribution < 1.29 is 4.79 Å². The number of carbonyl (C=O) groups excluding carboxylic acids is 1. The van der Waals surface area contributed by atoms with Crippen LogP contribution in [0.2, 0.25) is 0 Å². The monoisotopic (exact) mass is 410 g/mol. The molecule has 2 amide bonds. The molecule has 0 bridgehead atoms. The number of aromatic nitrogens is 2. The summed E-state index contributed by atoms with van der Waals surface area (Å²) in [5.41, 5.74) is 1.11. The highest BCUT2D eigenvalue weighted by Crippen LogP contribution is 2.33. The van der Waals surface area contributed by atoms with Gasteiger partial charge >= 0.3 is 6.03 Å². The normalized spacial score (nSPS) is 25.4. The molecule has 2 saturated heterocycles. The van der Waals surface area contributed by atoms with Gasteiger partial charge in [0.15, 0.2) is 5.82 Å². The third kappa shape index (κ3) is 3.64. The molecule has 1 saturated carbocycles. The number of carbonyl (C=O) groups is 1. The number of anilines is 1. The number of fused-ring (bicyclic) bond motifs is 2. The van der Waals surface area contributed by atoms with Gasteiger partial charge in [-0.1, -0.05) is 25.0 Å². The summed E-state index contributed by atoms with van der Waals surface area (Å²) in [6.45, 7) is 6.25. The average Bonchev–Trinajstić information content (AvgIpc) is 3.32. The number of hydrogen-bond donors (Lipinski definition) is 1. The fourth-order valence-corrected chi connectivity index (χ4v) is 5.65. The van der Waals surface area contributed by atoms with E-state index in [4.69, 9.17) is 0 Å². The molecule has 1 aromatic carbocycles. The zero-order valence-electron chi connectivity index (χ0n) is 18.1. The van der Waals surface area contributed by atoms with E-state index in [2.05, 4.69) is 43.1 Å². The highest BCUT2D eigenvalue weighted by Gasteiger charge is 2.44. The molecule has 7 nitrogen and oxygen atoms in total. The van der Waals surface area contributed by atoms with Crippen molar-refractivity contribution in [2.45, 2.75) is 50.6 Å². The Kier molecular flexibility index (Phi) is 5.54. The first kappa shape index (κ1) is 19.7. The Morgan fingerprint density at radius 2 is 1.73 bits per heavy atom. The van der Waals surface area contributed by atoms with Crippen molar-refractivity contribution in [3.05, 3.63) is 24.3 Å². The second-order valence-corrected chi connectivity index (χ2v) is 9.13. The topological polar surface area (TPSA) is 58.7 Å². The first-order valence-corrected chi connectivity index (χ1v) is 11.7. The van der Waals surface area contributed by atoms with Gasteiger partial charge in [0.2, 0.25) is 0 Å². The Morgan fingerprint density at radius 3 is 2.57 bits per heavy atom. The molecule has 2 aliphatic heterocycles. The third-order valence-electron chi connectivity index (χ3n) is 7.38. The van der Waals surface area contributed by atoms with Crippen LogP contribution in [-0.4, -0.2) is 89.3 Å².